The zero-order valence-electron chi connectivity index (χ0n) is 23.3. The zero-order chi connectivity index (χ0) is 29.0. The van der Waals surface area contributed by atoms with E-state index in [1.807, 2.05) is 42.5 Å². The molecule has 3 amide bonds. The van der Waals surface area contributed by atoms with Crippen molar-refractivity contribution in [2.24, 2.45) is 0 Å². The highest BCUT2D eigenvalue weighted by atomic mass is 32.1. The maximum Gasteiger partial charge on any atom is 0.408 e. The molecule has 0 saturated heterocycles. The summed E-state index contributed by atoms with van der Waals surface area (Å²) in [5.41, 5.74) is 0.713. The minimum Gasteiger partial charge on any atom is -0.507 e. The van der Waals surface area contributed by atoms with Gasteiger partial charge in [-0.25, -0.2) is 4.79 Å². The fourth-order valence-corrected chi connectivity index (χ4v) is 5.04. The normalized spacial score (nSPS) is 15.0. The summed E-state index contributed by atoms with van der Waals surface area (Å²) in [6, 6.07) is 16.1. The summed E-state index contributed by atoms with van der Waals surface area (Å²) >= 11 is 4.34. The summed E-state index contributed by atoms with van der Waals surface area (Å²) in [6.45, 7) is 6.95. The third-order valence-electron chi connectivity index (χ3n) is 7.00. The molecule has 2 unspecified atom stereocenters. The SMILES string of the molecule is Cc1cccc(C(C(=O)Nc2ccc3ccccc3c2)N(C(=O)C(CS)NC(=O)OC(C)(C)C)C2CCC2)c1O. The van der Waals surface area contributed by atoms with Gasteiger partial charge in [-0.1, -0.05) is 48.5 Å². The number of thiol groups is 1. The molecule has 9 heteroatoms. The van der Waals surface area contributed by atoms with E-state index in [9.17, 15) is 19.5 Å². The topological polar surface area (TPSA) is 108 Å². The Balaban J connectivity index is 1.72. The number of carbonyl (C=O) groups excluding carboxylic acids is 3. The highest BCUT2D eigenvalue weighted by Crippen LogP contribution is 2.38. The minimum absolute atomic E-state index is 0.000109. The van der Waals surface area contributed by atoms with Crippen LogP contribution >= 0.6 is 12.6 Å². The lowest BCUT2D eigenvalue weighted by atomic mass is 9.87. The maximum absolute atomic E-state index is 14.1. The van der Waals surface area contributed by atoms with Crippen LogP contribution in [0.4, 0.5) is 10.5 Å². The number of aromatic hydroxyl groups is 1. The van der Waals surface area contributed by atoms with Crippen LogP contribution in [-0.2, 0) is 14.3 Å². The van der Waals surface area contributed by atoms with Crippen LogP contribution in [0.2, 0.25) is 0 Å². The second-order valence-electron chi connectivity index (χ2n) is 11.2. The Morgan fingerprint density at radius 1 is 1.05 bits per heavy atom. The molecule has 2 atom stereocenters. The van der Waals surface area contributed by atoms with Crippen LogP contribution in [0, 0.1) is 6.92 Å². The number of hydrogen-bond acceptors (Lipinski definition) is 6. The van der Waals surface area contributed by atoms with Gasteiger partial charge in [-0.2, -0.15) is 12.6 Å². The Labute approximate surface area is 240 Å². The van der Waals surface area contributed by atoms with Gasteiger partial charge in [0, 0.05) is 23.0 Å². The second kappa shape index (κ2) is 12.2. The molecule has 0 aromatic heterocycles. The van der Waals surface area contributed by atoms with Gasteiger partial charge in [-0.15, -0.1) is 0 Å². The van der Waals surface area contributed by atoms with Crippen molar-refractivity contribution in [1.82, 2.24) is 10.2 Å². The van der Waals surface area contributed by atoms with Crippen molar-refractivity contribution < 1.29 is 24.2 Å². The smallest absolute Gasteiger partial charge is 0.408 e. The van der Waals surface area contributed by atoms with Crippen LogP contribution < -0.4 is 10.6 Å². The van der Waals surface area contributed by atoms with E-state index in [0.29, 0.717) is 29.7 Å². The molecule has 3 aromatic carbocycles. The number of nitrogens with one attached hydrogen (secondary N) is 2. The van der Waals surface area contributed by atoms with E-state index in [4.69, 9.17) is 4.74 Å². The number of hydrogen-bond donors (Lipinski definition) is 4. The number of para-hydroxylation sites is 1. The van der Waals surface area contributed by atoms with Crippen molar-refractivity contribution in [3.8, 4) is 5.75 Å². The number of benzene rings is 3. The van der Waals surface area contributed by atoms with Gasteiger partial charge in [0.05, 0.1) is 0 Å². The van der Waals surface area contributed by atoms with Crippen molar-refractivity contribution >= 4 is 47.0 Å². The van der Waals surface area contributed by atoms with Gasteiger partial charge in [-0.05, 0) is 75.4 Å². The monoisotopic (exact) mass is 563 g/mol. The minimum atomic E-state index is -1.15. The number of nitrogens with zero attached hydrogens (tertiary/aromatic N) is 1. The molecule has 0 bridgehead atoms. The molecule has 40 heavy (non-hydrogen) atoms. The second-order valence-corrected chi connectivity index (χ2v) is 11.5. The lowest BCUT2D eigenvalue weighted by molar-refractivity contribution is -0.145. The van der Waals surface area contributed by atoms with Gasteiger partial charge in [-0.3, -0.25) is 9.59 Å². The highest BCUT2D eigenvalue weighted by molar-refractivity contribution is 7.80. The van der Waals surface area contributed by atoms with Crippen LogP contribution in [0.5, 0.6) is 5.75 Å². The number of ether oxygens (including phenoxy) is 1. The van der Waals surface area contributed by atoms with Gasteiger partial charge in [0.15, 0.2) is 0 Å². The van der Waals surface area contributed by atoms with Crippen molar-refractivity contribution in [3.05, 3.63) is 71.8 Å². The van der Waals surface area contributed by atoms with Gasteiger partial charge in [0.1, 0.15) is 23.4 Å². The van der Waals surface area contributed by atoms with Gasteiger partial charge in [0.25, 0.3) is 5.91 Å². The van der Waals surface area contributed by atoms with E-state index in [0.717, 1.165) is 17.2 Å². The fraction of sp³-hybridized carbons (Fsp3) is 0.387. The van der Waals surface area contributed by atoms with Gasteiger partial charge >= 0.3 is 6.09 Å². The van der Waals surface area contributed by atoms with Crippen LogP contribution in [-0.4, -0.2) is 51.4 Å². The third kappa shape index (κ3) is 6.70. The number of amides is 3. The molecule has 0 radical (unpaired) electrons. The lowest BCUT2D eigenvalue weighted by Gasteiger charge is -2.43. The molecule has 1 aliphatic rings. The van der Waals surface area contributed by atoms with Crippen LogP contribution in [0.25, 0.3) is 10.8 Å². The average molecular weight is 564 g/mol. The van der Waals surface area contributed by atoms with E-state index >= 15 is 0 Å². The number of carbonyl (C=O) groups is 3. The predicted molar refractivity (Wildman–Crippen MR) is 160 cm³/mol. The fourth-order valence-electron chi connectivity index (χ4n) is 4.80. The zero-order valence-corrected chi connectivity index (χ0v) is 24.2. The first-order valence-corrected chi connectivity index (χ1v) is 14.1. The molecule has 1 fully saturated rings. The summed E-state index contributed by atoms with van der Waals surface area (Å²) in [5.74, 6) is -0.988. The third-order valence-corrected chi connectivity index (χ3v) is 7.37. The van der Waals surface area contributed by atoms with Crippen molar-refractivity contribution in [1.29, 1.82) is 0 Å². The first kappa shape index (κ1) is 29.3. The maximum atomic E-state index is 14.1. The molecule has 4 rings (SSSR count). The number of rotatable bonds is 8. The summed E-state index contributed by atoms with van der Waals surface area (Å²) in [7, 11) is 0. The molecule has 3 N–H and O–H groups in total. The lowest BCUT2D eigenvalue weighted by Crippen LogP contribution is -2.57. The first-order chi connectivity index (χ1) is 19.0. The number of aryl methyl sites for hydroxylation is 1. The van der Waals surface area contributed by atoms with Crippen molar-refractivity contribution in [2.45, 2.75) is 70.7 Å². The van der Waals surface area contributed by atoms with Crippen LogP contribution in [0.15, 0.2) is 60.7 Å². The van der Waals surface area contributed by atoms with Crippen LogP contribution in [0.3, 0.4) is 0 Å². The first-order valence-electron chi connectivity index (χ1n) is 13.5. The Kier molecular flexibility index (Phi) is 8.93. The number of phenols is 1. The summed E-state index contributed by atoms with van der Waals surface area (Å²) in [6.07, 6.45) is 1.55. The Bertz CT molecular complexity index is 1400. The standard InChI is InChI=1S/C31H37N3O5S/c1-19-9-7-14-24(27(19)35)26(28(36)32-22-16-15-20-10-5-6-11-21(20)17-22)34(23-12-8-13-23)29(37)25(18-40)33-30(38)39-31(2,3)4/h5-7,9-11,14-17,23,25-26,35,40H,8,12-13,18H2,1-4H3,(H,32,36)(H,33,38). The average Bonchev–Trinajstić information content (AvgIpc) is 2.86. The number of anilines is 1. The number of alkyl carbamates (subject to hydrolysis) is 1. The summed E-state index contributed by atoms with van der Waals surface area (Å²) in [5, 5.41) is 18.7. The van der Waals surface area contributed by atoms with Crippen molar-refractivity contribution in [3.63, 3.8) is 0 Å². The van der Waals surface area contributed by atoms with Gasteiger partial charge in [0.2, 0.25) is 5.91 Å². The van der Waals surface area contributed by atoms with Crippen LogP contribution in [0.1, 0.15) is 57.2 Å². The molecule has 0 aliphatic heterocycles. The quantitative estimate of drug-likeness (QED) is 0.262. The molecule has 8 nitrogen and oxygen atoms in total. The van der Waals surface area contributed by atoms with E-state index in [1.54, 1.807) is 45.9 Å². The molecule has 3 aromatic rings. The number of fused-ring (bicyclic) bond motifs is 1. The van der Waals surface area contributed by atoms with E-state index in [1.165, 1.54) is 4.90 Å². The molecule has 0 heterocycles. The summed E-state index contributed by atoms with van der Waals surface area (Å²) < 4.78 is 5.37. The molecule has 0 spiro atoms. The Hall–Kier alpha value is -3.72. The Morgan fingerprint density at radius 2 is 1.75 bits per heavy atom. The number of phenolic OH excluding ortho intramolecular Hbond substituents is 1. The highest BCUT2D eigenvalue weighted by Gasteiger charge is 2.42. The Morgan fingerprint density at radius 3 is 2.38 bits per heavy atom. The molecular formula is C31H37N3O5S. The van der Waals surface area contributed by atoms with Crippen molar-refractivity contribution in [2.75, 3.05) is 11.1 Å². The van der Waals surface area contributed by atoms with Gasteiger partial charge < -0.3 is 25.4 Å². The molecule has 212 valence electrons. The van der Waals surface area contributed by atoms with E-state index in [2.05, 4.69) is 23.3 Å². The molecule has 1 saturated carbocycles. The summed E-state index contributed by atoms with van der Waals surface area (Å²) in [4.78, 5) is 42.3. The molecular weight excluding hydrogens is 526 g/mol. The molecule has 1 aliphatic carbocycles. The largest absolute Gasteiger partial charge is 0.507 e. The van der Waals surface area contributed by atoms with E-state index in [-0.39, 0.29) is 17.5 Å². The van der Waals surface area contributed by atoms with E-state index < -0.39 is 35.6 Å². The predicted octanol–water partition coefficient (Wildman–Crippen LogP) is 5.74.